The van der Waals surface area contributed by atoms with Crippen LogP contribution in [0.4, 0.5) is 0 Å². The van der Waals surface area contributed by atoms with Gasteiger partial charge in [0.05, 0.1) is 0 Å². The van der Waals surface area contributed by atoms with Crippen LogP contribution < -0.4 is 5.46 Å². The van der Waals surface area contributed by atoms with Gasteiger partial charge in [-0.25, -0.2) is 9.97 Å². The largest absolute Gasteiger partial charge is 0.497 e. The lowest BCUT2D eigenvalue weighted by molar-refractivity contribution is 0.0342. The Morgan fingerprint density at radius 1 is 1.21 bits per heavy atom. The highest BCUT2D eigenvalue weighted by atomic mass is 16.6. The summed E-state index contributed by atoms with van der Waals surface area (Å²) in [6.07, 6.45) is 4.93. The molecule has 14 heavy (non-hydrogen) atoms. The fourth-order valence-electron chi connectivity index (χ4n) is 1.32. The summed E-state index contributed by atoms with van der Waals surface area (Å²) in [6.45, 7) is 5.63. The molecule has 0 aromatic carbocycles. The fraction of sp³-hybridized carbons (Fsp3) is 0.556. The summed E-state index contributed by atoms with van der Waals surface area (Å²) in [7, 11) is -0.302. The molecule has 1 aromatic heterocycles. The molecular weight excluding hydrogens is 179 g/mol. The molecule has 0 saturated carbocycles. The molecule has 1 aliphatic heterocycles. The molecular formula is C9H13BN2O2. The number of hydrogen-bond acceptors (Lipinski definition) is 4. The van der Waals surface area contributed by atoms with Gasteiger partial charge in [0.15, 0.2) is 0 Å². The van der Waals surface area contributed by atoms with Crippen molar-refractivity contribution in [2.45, 2.75) is 13.8 Å². The normalized spacial score (nSPS) is 20.9. The van der Waals surface area contributed by atoms with Gasteiger partial charge < -0.3 is 9.31 Å². The number of hydrogen-bond donors (Lipinski definition) is 0. The first kappa shape index (κ1) is 9.61. The van der Waals surface area contributed by atoms with Gasteiger partial charge in [0.1, 0.15) is 6.33 Å². The molecule has 0 atom stereocenters. The van der Waals surface area contributed by atoms with Gasteiger partial charge in [-0.15, -0.1) is 0 Å². The summed E-state index contributed by atoms with van der Waals surface area (Å²) < 4.78 is 11.2. The third-order valence-corrected chi connectivity index (χ3v) is 2.10. The minimum absolute atomic E-state index is 0.103. The average Bonchev–Trinajstić information content (AvgIpc) is 2.19. The summed E-state index contributed by atoms with van der Waals surface area (Å²) in [5, 5.41) is 0. The third kappa shape index (κ3) is 2.11. The average molecular weight is 192 g/mol. The Hall–Kier alpha value is -0.935. The van der Waals surface area contributed by atoms with Gasteiger partial charge in [-0.3, -0.25) is 0 Å². The van der Waals surface area contributed by atoms with E-state index < -0.39 is 0 Å². The summed E-state index contributed by atoms with van der Waals surface area (Å²) in [5.74, 6) is 0. The maximum absolute atomic E-state index is 5.58. The van der Waals surface area contributed by atoms with Gasteiger partial charge in [0, 0.05) is 36.5 Å². The van der Waals surface area contributed by atoms with E-state index in [4.69, 9.17) is 9.31 Å². The van der Waals surface area contributed by atoms with Gasteiger partial charge >= 0.3 is 7.12 Å². The second-order valence-corrected chi connectivity index (χ2v) is 4.29. The van der Waals surface area contributed by atoms with Crippen LogP contribution in [-0.4, -0.2) is 30.3 Å². The van der Waals surface area contributed by atoms with Crippen molar-refractivity contribution in [3.63, 3.8) is 0 Å². The van der Waals surface area contributed by atoms with E-state index in [0.29, 0.717) is 13.2 Å². The SMILES string of the molecule is CC1(C)COB(c2cncnc2)OC1. The van der Waals surface area contributed by atoms with Gasteiger partial charge in [0.25, 0.3) is 0 Å². The minimum Gasteiger partial charge on any atom is -0.407 e. The Bertz CT molecular complexity index is 295. The molecule has 0 unspecified atom stereocenters. The predicted molar refractivity (Wildman–Crippen MR) is 53.1 cm³/mol. The van der Waals surface area contributed by atoms with E-state index in [-0.39, 0.29) is 12.5 Å². The minimum atomic E-state index is -0.302. The fourth-order valence-corrected chi connectivity index (χ4v) is 1.32. The quantitative estimate of drug-likeness (QED) is 0.598. The first-order chi connectivity index (χ1) is 6.67. The highest BCUT2D eigenvalue weighted by Crippen LogP contribution is 2.20. The van der Waals surface area contributed by atoms with Crippen molar-refractivity contribution in [2.24, 2.45) is 5.41 Å². The smallest absolute Gasteiger partial charge is 0.407 e. The van der Waals surface area contributed by atoms with Crippen molar-refractivity contribution in [1.82, 2.24) is 9.97 Å². The zero-order valence-corrected chi connectivity index (χ0v) is 8.43. The number of nitrogens with zero attached hydrogens (tertiary/aromatic N) is 2. The lowest BCUT2D eigenvalue weighted by Gasteiger charge is -2.32. The van der Waals surface area contributed by atoms with Crippen molar-refractivity contribution >= 4 is 12.6 Å². The van der Waals surface area contributed by atoms with E-state index >= 15 is 0 Å². The number of aromatic nitrogens is 2. The Balaban J connectivity index is 2.03. The monoisotopic (exact) mass is 192 g/mol. The first-order valence-electron chi connectivity index (χ1n) is 4.65. The predicted octanol–water partition coefficient (Wildman–Crippen LogP) is 0.245. The molecule has 74 valence electrons. The lowest BCUT2D eigenvalue weighted by atomic mass is 9.77. The highest BCUT2D eigenvalue weighted by molar-refractivity contribution is 6.61. The molecule has 5 heteroatoms. The summed E-state index contributed by atoms with van der Waals surface area (Å²) >= 11 is 0. The molecule has 0 spiro atoms. The maximum atomic E-state index is 5.58. The zero-order valence-electron chi connectivity index (χ0n) is 8.43. The van der Waals surface area contributed by atoms with E-state index in [2.05, 4.69) is 23.8 Å². The van der Waals surface area contributed by atoms with Crippen molar-refractivity contribution < 1.29 is 9.31 Å². The molecule has 1 aliphatic rings. The van der Waals surface area contributed by atoms with Crippen molar-refractivity contribution in [3.05, 3.63) is 18.7 Å². The van der Waals surface area contributed by atoms with Crippen LogP contribution in [0.3, 0.4) is 0 Å². The summed E-state index contributed by atoms with van der Waals surface area (Å²) in [5.41, 5.74) is 0.981. The molecule has 2 heterocycles. The first-order valence-corrected chi connectivity index (χ1v) is 4.65. The molecule has 0 bridgehead atoms. The van der Waals surface area contributed by atoms with Crippen LogP contribution in [-0.2, 0) is 9.31 Å². The molecule has 4 nitrogen and oxygen atoms in total. The standard InChI is InChI=1S/C9H13BN2O2/c1-9(2)5-13-10(14-6-9)8-3-11-7-12-4-8/h3-4,7H,5-6H2,1-2H3. The highest BCUT2D eigenvalue weighted by Gasteiger charge is 2.33. The van der Waals surface area contributed by atoms with Crippen LogP contribution in [0.5, 0.6) is 0 Å². The third-order valence-electron chi connectivity index (χ3n) is 2.10. The molecule has 0 amide bonds. The molecule has 2 rings (SSSR count). The van der Waals surface area contributed by atoms with Crippen molar-refractivity contribution in [2.75, 3.05) is 13.2 Å². The van der Waals surface area contributed by atoms with Gasteiger partial charge in [-0.2, -0.15) is 0 Å². The van der Waals surface area contributed by atoms with Crippen LogP contribution in [0.25, 0.3) is 0 Å². The van der Waals surface area contributed by atoms with Gasteiger partial charge in [0.2, 0.25) is 0 Å². The molecule has 1 saturated heterocycles. The van der Waals surface area contributed by atoms with E-state index in [1.807, 2.05) is 0 Å². The van der Waals surface area contributed by atoms with Crippen molar-refractivity contribution in [3.8, 4) is 0 Å². The second kappa shape index (κ2) is 3.67. The Kier molecular flexibility index (Phi) is 2.52. The van der Waals surface area contributed by atoms with Crippen molar-refractivity contribution in [1.29, 1.82) is 0 Å². The van der Waals surface area contributed by atoms with Gasteiger partial charge in [-0.1, -0.05) is 13.8 Å². The Morgan fingerprint density at radius 2 is 1.79 bits per heavy atom. The van der Waals surface area contributed by atoms with E-state index in [9.17, 15) is 0 Å². The van der Waals surface area contributed by atoms with Gasteiger partial charge in [-0.05, 0) is 0 Å². The van der Waals surface area contributed by atoms with Crippen LogP contribution in [0, 0.1) is 5.41 Å². The number of rotatable bonds is 1. The van der Waals surface area contributed by atoms with E-state index in [0.717, 1.165) is 5.46 Å². The van der Waals surface area contributed by atoms with Crippen LogP contribution >= 0.6 is 0 Å². The Morgan fingerprint density at radius 3 is 2.36 bits per heavy atom. The van der Waals surface area contributed by atoms with Crippen LogP contribution in [0.15, 0.2) is 18.7 Å². The van der Waals surface area contributed by atoms with Crippen LogP contribution in [0.2, 0.25) is 0 Å². The lowest BCUT2D eigenvalue weighted by Crippen LogP contribution is -2.47. The topological polar surface area (TPSA) is 44.2 Å². The molecule has 0 N–H and O–H groups in total. The summed E-state index contributed by atoms with van der Waals surface area (Å²) in [6, 6.07) is 0. The molecule has 1 fully saturated rings. The maximum Gasteiger partial charge on any atom is 0.497 e. The molecule has 0 radical (unpaired) electrons. The van der Waals surface area contributed by atoms with E-state index in [1.165, 1.54) is 6.33 Å². The summed E-state index contributed by atoms with van der Waals surface area (Å²) in [4.78, 5) is 7.85. The van der Waals surface area contributed by atoms with E-state index in [1.54, 1.807) is 12.4 Å². The molecule has 0 aliphatic carbocycles. The zero-order chi connectivity index (χ0) is 10.0. The van der Waals surface area contributed by atoms with Crippen LogP contribution in [0.1, 0.15) is 13.8 Å². The molecule has 1 aromatic rings. The Labute approximate surface area is 83.8 Å². The second-order valence-electron chi connectivity index (χ2n) is 4.29.